The molecule has 0 unspecified atom stereocenters. The number of hydrogen-bond donors (Lipinski definition) is 2. The summed E-state index contributed by atoms with van der Waals surface area (Å²) in [7, 11) is -3.97. The van der Waals surface area contributed by atoms with Gasteiger partial charge in [0, 0.05) is 6.54 Å². The Balaban J connectivity index is 1.88. The number of nitrogens with one attached hydrogen (secondary N) is 2. The van der Waals surface area contributed by atoms with E-state index in [1.807, 2.05) is 35.1 Å². The molecule has 0 saturated carbocycles. The molecule has 0 spiro atoms. The Hall–Kier alpha value is -1.28. The standard InChI is InChI=1S/C13H12Cl2N2O3S2/c14-10-8-11(21-12(10)15)22(19,20)17-13(18)16-7-6-9-4-2-1-3-5-9/h1-5,8H,6-7H2,(H2,16,17,18). The van der Waals surface area contributed by atoms with Crippen LogP contribution in [-0.2, 0) is 16.4 Å². The molecule has 2 rings (SSSR count). The molecule has 0 bridgehead atoms. The van der Waals surface area contributed by atoms with Crippen LogP contribution in [-0.4, -0.2) is 21.0 Å². The van der Waals surface area contributed by atoms with E-state index in [1.165, 1.54) is 6.07 Å². The van der Waals surface area contributed by atoms with Gasteiger partial charge in [-0.2, -0.15) is 0 Å². The Morgan fingerprint density at radius 3 is 2.45 bits per heavy atom. The van der Waals surface area contributed by atoms with E-state index in [0.29, 0.717) is 13.0 Å². The molecule has 0 saturated heterocycles. The average molecular weight is 379 g/mol. The van der Waals surface area contributed by atoms with Crippen LogP contribution >= 0.6 is 34.5 Å². The third-order valence-corrected chi connectivity index (χ3v) is 6.33. The minimum absolute atomic E-state index is 0.110. The molecule has 0 atom stereocenters. The third kappa shape index (κ3) is 4.61. The maximum atomic E-state index is 12.0. The number of thiophene rings is 1. The summed E-state index contributed by atoms with van der Waals surface area (Å²) in [5, 5.41) is 2.62. The van der Waals surface area contributed by atoms with E-state index < -0.39 is 16.1 Å². The Labute approximate surface area is 142 Å². The molecular formula is C13H12Cl2N2O3S2. The predicted octanol–water partition coefficient (Wildman–Crippen LogP) is 3.29. The van der Waals surface area contributed by atoms with Crippen LogP contribution in [0.2, 0.25) is 9.36 Å². The van der Waals surface area contributed by atoms with E-state index in [2.05, 4.69) is 5.32 Å². The number of sulfonamides is 1. The molecule has 9 heteroatoms. The van der Waals surface area contributed by atoms with E-state index in [1.54, 1.807) is 0 Å². The highest BCUT2D eigenvalue weighted by Crippen LogP contribution is 2.34. The van der Waals surface area contributed by atoms with Crippen LogP contribution in [0.1, 0.15) is 5.56 Å². The van der Waals surface area contributed by atoms with Gasteiger partial charge in [0.1, 0.15) is 8.55 Å². The van der Waals surface area contributed by atoms with Crippen molar-refractivity contribution in [2.24, 2.45) is 0 Å². The SMILES string of the molecule is O=C(NCCc1ccccc1)NS(=O)(=O)c1cc(Cl)c(Cl)s1. The Morgan fingerprint density at radius 2 is 1.86 bits per heavy atom. The van der Waals surface area contributed by atoms with Gasteiger partial charge in [-0.3, -0.25) is 0 Å². The van der Waals surface area contributed by atoms with E-state index >= 15 is 0 Å². The zero-order valence-corrected chi connectivity index (χ0v) is 14.3. The van der Waals surface area contributed by atoms with Crippen LogP contribution in [0.3, 0.4) is 0 Å². The molecule has 22 heavy (non-hydrogen) atoms. The lowest BCUT2D eigenvalue weighted by Crippen LogP contribution is -2.39. The van der Waals surface area contributed by atoms with Gasteiger partial charge in [0.25, 0.3) is 10.0 Å². The van der Waals surface area contributed by atoms with Crippen molar-refractivity contribution in [1.29, 1.82) is 0 Å². The molecule has 0 aliphatic carbocycles. The lowest BCUT2D eigenvalue weighted by Gasteiger charge is -2.07. The highest BCUT2D eigenvalue weighted by molar-refractivity contribution is 7.92. The first-order chi connectivity index (χ1) is 10.4. The first-order valence-corrected chi connectivity index (χ1v) is 9.23. The fourth-order valence-corrected chi connectivity index (χ4v) is 4.44. The predicted molar refractivity (Wildman–Crippen MR) is 88.2 cm³/mol. The van der Waals surface area contributed by atoms with E-state index in [9.17, 15) is 13.2 Å². The summed E-state index contributed by atoms with van der Waals surface area (Å²) in [6.45, 7) is 0.317. The van der Waals surface area contributed by atoms with Gasteiger partial charge in [-0.25, -0.2) is 17.9 Å². The summed E-state index contributed by atoms with van der Waals surface area (Å²) in [6, 6.07) is 9.94. The van der Waals surface area contributed by atoms with Crippen molar-refractivity contribution in [2.45, 2.75) is 10.6 Å². The van der Waals surface area contributed by atoms with E-state index in [4.69, 9.17) is 23.2 Å². The second kappa shape index (κ2) is 7.32. The van der Waals surface area contributed by atoms with Gasteiger partial charge in [0.2, 0.25) is 0 Å². The van der Waals surface area contributed by atoms with Crippen LogP contribution < -0.4 is 10.0 Å². The molecule has 2 N–H and O–H groups in total. The minimum atomic E-state index is -3.97. The average Bonchev–Trinajstić information content (AvgIpc) is 2.80. The molecule has 0 fully saturated rings. The summed E-state index contributed by atoms with van der Waals surface area (Å²) in [6.07, 6.45) is 0.602. The molecule has 2 aromatic rings. The molecule has 1 aromatic heterocycles. The van der Waals surface area contributed by atoms with Gasteiger partial charge in [-0.05, 0) is 18.1 Å². The second-order valence-electron chi connectivity index (χ2n) is 4.28. The summed E-state index contributed by atoms with van der Waals surface area (Å²) < 4.78 is 25.9. The monoisotopic (exact) mass is 378 g/mol. The van der Waals surface area contributed by atoms with Crippen LogP contribution in [0, 0.1) is 0 Å². The van der Waals surface area contributed by atoms with Crippen molar-refractivity contribution in [2.75, 3.05) is 6.54 Å². The quantitative estimate of drug-likeness (QED) is 0.837. The Bertz CT molecular complexity index is 741. The number of benzene rings is 1. The fourth-order valence-electron chi connectivity index (χ4n) is 1.63. The van der Waals surface area contributed by atoms with Crippen molar-refractivity contribution in [3.8, 4) is 0 Å². The van der Waals surface area contributed by atoms with Gasteiger partial charge < -0.3 is 5.32 Å². The van der Waals surface area contributed by atoms with Crippen LogP contribution in [0.25, 0.3) is 0 Å². The number of amides is 2. The normalized spacial score (nSPS) is 11.2. The number of hydrogen-bond acceptors (Lipinski definition) is 4. The Kier molecular flexibility index (Phi) is 5.69. The topological polar surface area (TPSA) is 75.3 Å². The highest BCUT2D eigenvalue weighted by Gasteiger charge is 2.21. The zero-order valence-electron chi connectivity index (χ0n) is 11.2. The first kappa shape index (κ1) is 17.1. The van der Waals surface area contributed by atoms with Gasteiger partial charge in [-0.15, -0.1) is 11.3 Å². The highest BCUT2D eigenvalue weighted by atomic mass is 35.5. The van der Waals surface area contributed by atoms with Crippen molar-refractivity contribution in [1.82, 2.24) is 10.0 Å². The molecular weight excluding hydrogens is 367 g/mol. The Morgan fingerprint density at radius 1 is 1.18 bits per heavy atom. The molecule has 2 amide bonds. The zero-order chi connectivity index (χ0) is 16.2. The first-order valence-electron chi connectivity index (χ1n) is 6.18. The van der Waals surface area contributed by atoms with E-state index in [-0.39, 0.29) is 13.6 Å². The molecule has 0 aliphatic heterocycles. The maximum Gasteiger partial charge on any atom is 0.328 e. The number of carbonyl (C=O) groups is 1. The molecule has 0 aliphatic rings. The molecule has 1 aromatic carbocycles. The van der Waals surface area contributed by atoms with Crippen LogP contribution in [0.15, 0.2) is 40.6 Å². The molecule has 1 heterocycles. The second-order valence-corrected chi connectivity index (χ2v) is 8.25. The lowest BCUT2D eigenvalue weighted by atomic mass is 10.1. The van der Waals surface area contributed by atoms with Gasteiger partial charge in [0.05, 0.1) is 5.02 Å². The molecule has 5 nitrogen and oxygen atoms in total. The van der Waals surface area contributed by atoms with Crippen LogP contribution in [0.4, 0.5) is 4.79 Å². The van der Waals surface area contributed by atoms with Crippen molar-refractivity contribution in [3.05, 3.63) is 51.3 Å². The summed E-state index contributed by atoms with van der Waals surface area (Å²) >= 11 is 12.2. The van der Waals surface area contributed by atoms with Crippen molar-refractivity contribution in [3.63, 3.8) is 0 Å². The fraction of sp³-hybridized carbons (Fsp3) is 0.154. The van der Waals surface area contributed by atoms with Crippen molar-refractivity contribution < 1.29 is 13.2 Å². The smallest absolute Gasteiger partial charge is 0.328 e. The van der Waals surface area contributed by atoms with Gasteiger partial charge >= 0.3 is 6.03 Å². The minimum Gasteiger partial charge on any atom is -0.337 e. The van der Waals surface area contributed by atoms with Gasteiger partial charge in [-0.1, -0.05) is 53.5 Å². The summed E-state index contributed by atoms with van der Waals surface area (Å²) in [5.41, 5.74) is 1.04. The van der Waals surface area contributed by atoms with E-state index in [0.717, 1.165) is 16.9 Å². The lowest BCUT2D eigenvalue weighted by molar-refractivity contribution is 0.246. The summed E-state index contributed by atoms with van der Waals surface area (Å²) in [4.78, 5) is 11.7. The maximum absolute atomic E-state index is 12.0. The van der Waals surface area contributed by atoms with Crippen LogP contribution in [0.5, 0.6) is 0 Å². The number of carbonyl (C=O) groups excluding carboxylic acids is 1. The van der Waals surface area contributed by atoms with Gasteiger partial charge in [0.15, 0.2) is 0 Å². The molecule has 0 radical (unpaired) electrons. The summed E-state index contributed by atoms with van der Waals surface area (Å²) in [5.74, 6) is 0. The molecule has 118 valence electrons. The number of urea groups is 1. The number of halogens is 2. The third-order valence-electron chi connectivity index (χ3n) is 2.66. The largest absolute Gasteiger partial charge is 0.337 e. The number of rotatable bonds is 5. The van der Waals surface area contributed by atoms with Crippen molar-refractivity contribution >= 4 is 50.6 Å².